The van der Waals surface area contributed by atoms with E-state index in [1.54, 1.807) is 0 Å². The molecule has 1 fully saturated rings. The third-order valence-electron chi connectivity index (χ3n) is 3.82. The molecule has 116 valence electrons. The molecule has 0 unspecified atom stereocenters. The Morgan fingerprint density at radius 2 is 2.00 bits per heavy atom. The summed E-state index contributed by atoms with van der Waals surface area (Å²) in [7, 11) is 0. The highest BCUT2D eigenvalue weighted by Gasteiger charge is 2.41. The molecule has 0 spiro atoms. The van der Waals surface area contributed by atoms with Crippen molar-refractivity contribution in [3.63, 3.8) is 0 Å². The first kappa shape index (κ1) is 17.4. The van der Waals surface area contributed by atoms with Gasteiger partial charge < -0.3 is 15.8 Å². The van der Waals surface area contributed by atoms with Crippen LogP contribution in [0.25, 0.3) is 0 Å². The summed E-state index contributed by atoms with van der Waals surface area (Å²) in [5.74, 6) is 0.554. The smallest absolute Gasteiger partial charge is 0.233 e. The van der Waals surface area contributed by atoms with E-state index in [0.717, 1.165) is 38.7 Å². The molecule has 0 saturated heterocycles. The SMILES string of the molecule is CC(C)COCCCNC(=O)C1(C(N)=S)CCCCC1. The summed E-state index contributed by atoms with van der Waals surface area (Å²) in [5, 5.41) is 2.98. The van der Waals surface area contributed by atoms with Crippen molar-refractivity contribution in [1.82, 2.24) is 5.32 Å². The Kier molecular flexibility index (Phi) is 7.45. The summed E-state index contributed by atoms with van der Waals surface area (Å²) in [6.45, 7) is 6.32. The molecule has 0 radical (unpaired) electrons. The van der Waals surface area contributed by atoms with Crippen LogP contribution in [0.4, 0.5) is 0 Å². The molecule has 1 saturated carbocycles. The lowest BCUT2D eigenvalue weighted by Crippen LogP contribution is -2.50. The molecule has 0 aromatic heterocycles. The van der Waals surface area contributed by atoms with Crippen molar-refractivity contribution in [3.05, 3.63) is 0 Å². The molecule has 1 amide bonds. The lowest BCUT2D eigenvalue weighted by atomic mass is 9.73. The second-order valence-electron chi connectivity index (χ2n) is 6.09. The molecule has 1 aliphatic rings. The molecule has 0 aliphatic heterocycles. The summed E-state index contributed by atoms with van der Waals surface area (Å²) < 4.78 is 5.49. The second kappa shape index (κ2) is 8.57. The maximum Gasteiger partial charge on any atom is 0.233 e. The van der Waals surface area contributed by atoms with E-state index in [9.17, 15) is 4.79 Å². The number of thiocarbonyl (C=S) groups is 1. The number of rotatable bonds is 8. The van der Waals surface area contributed by atoms with E-state index in [1.165, 1.54) is 6.42 Å². The Labute approximate surface area is 127 Å². The first-order chi connectivity index (χ1) is 9.49. The van der Waals surface area contributed by atoms with Gasteiger partial charge in [0.25, 0.3) is 0 Å². The minimum absolute atomic E-state index is 0.00793. The van der Waals surface area contributed by atoms with Crippen molar-refractivity contribution in [2.45, 2.75) is 52.4 Å². The van der Waals surface area contributed by atoms with Crippen LogP contribution in [0, 0.1) is 11.3 Å². The van der Waals surface area contributed by atoms with E-state index in [-0.39, 0.29) is 5.91 Å². The van der Waals surface area contributed by atoms with Gasteiger partial charge in [-0.3, -0.25) is 4.79 Å². The van der Waals surface area contributed by atoms with Crippen LogP contribution < -0.4 is 11.1 Å². The zero-order chi connectivity index (χ0) is 15.0. The Bertz CT molecular complexity index is 326. The number of hydrogen-bond donors (Lipinski definition) is 2. The van der Waals surface area contributed by atoms with Gasteiger partial charge in [0.15, 0.2) is 0 Å². The van der Waals surface area contributed by atoms with Crippen molar-refractivity contribution in [2.24, 2.45) is 17.1 Å². The van der Waals surface area contributed by atoms with Gasteiger partial charge in [-0.15, -0.1) is 0 Å². The molecule has 0 heterocycles. The molecular formula is C15H28N2O2S. The predicted molar refractivity (Wildman–Crippen MR) is 85.6 cm³/mol. The fraction of sp³-hybridized carbons (Fsp3) is 0.867. The lowest BCUT2D eigenvalue weighted by molar-refractivity contribution is -0.128. The summed E-state index contributed by atoms with van der Waals surface area (Å²) >= 11 is 5.15. The van der Waals surface area contributed by atoms with Crippen LogP contribution >= 0.6 is 12.2 Å². The number of ether oxygens (including phenoxy) is 1. The van der Waals surface area contributed by atoms with Crippen LogP contribution in [-0.4, -0.2) is 30.7 Å². The van der Waals surface area contributed by atoms with Gasteiger partial charge in [-0.05, 0) is 25.2 Å². The quantitative estimate of drug-likeness (QED) is 0.534. The minimum atomic E-state index is -0.605. The molecule has 0 bridgehead atoms. The Morgan fingerprint density at radius 3 is 2.55 bits per heavy atom. The van der Waals surface area contributed by atoms with Gasteiger partial charge in [0.1, 0.15) is 0 Å². The zero-order valence-electron chi connectivity index (χ0n) is 12.7. The zero-order valence-corrected chi connectivity index (χ0v) is 13.6. The summed E-state index contributed by atoms with van der Waals surface area (Å²) in [5.41, 5.74) is 5.23. The highest BCUT2D eigenvalue weighted by atomic mass is 32.1. The molecule has 0 atom stereocenters. The van der Waals surface area contributed by atoms with E-state index in [2.05, 4.69) is 19.2 Å². The molecule has 1 aliphatic carbocycles. The van der Waals surface area contributed by atoms with Gasteiger partial charge in [-0.2, -0.15) is 0 Å². The summed E-state index contributed by atoms with van der Waals surface area (Å²) in [4.78, 5) is 12.7. The van der Waals surface area contributed by atoms with E-state index < -0.39 is 5.41 Å². The average Bonchev–Trinajstić information content (AvgIpc) is 2.42. The molecular weight excluding hydrogens is 272 g/mol. The Balaban J connectivity index is 2.31. The van der Waals surface area contributed by atoms with Crippen LogP contribution in [-0.2, 0) is 9.53 Å². The highest BCUT2D eigenvalue weighted by molar-refractivity contribution is 7.80. The van der Waals surface area contributed by atoms with Crippen LogP contribution in [0.15, 0.2) is 0 Å². The van der Waals surface area contributed by atoms with Crippen LogP contribution in [0.2, 0.25) is 0 Å². The minimum Gasteiger partial charge on any atom is -0.392 e. The topological polar surface area (TPSA) is 64.3 Å². The lowest BCUT2D eigenvalue weighted by Gasteiger charge is -2.34. The van der Waals surface area contributed by atoms with Crippen molar-refractivity contribution in [3.8, 4) is 0 Å². The van der Waals surface area contributed by atoms with E-state index in [4.69, 9.17) is 22.7 Å². The van der Waals surface area contributed by atoms with Gasteiger partial charge in [-0.25, -0.2) is 0 Å². The summed E-state index contributed by atoms with van der Waals surface area (Å²) in [6, 6.07) is 0. The first-order valence-corrected chi connectivity index (χ1v) is 8.06. The number of amides is 1. The number of nitrogens with one attached hydrogen (secondary N) is 1. The van der Waals surface area contributed by atoms with Crippen LogP contribution in [0.3, 0.4) is 0 Å². The maximum absolute atomic E-state index is 12.4. The van der Waals surface area contributed by atoms with E-state index >= 15 is 0 Å². The van der Waals surface area contributed by atoms with Crippen LogP contribution in [0.5, 0.6) is 0 Å². The second-order valence-corrected chi connectivity index (χ2v) is 6.53. The Morgan fingerprint density at radius 1 is 1.35 bits per heavy atom. The maximum atomic E-state index is 12.4. The van der Waals surface area contributed by atoms with E-state index in [0.29, 0.717) is 24.1 Å². The molecule has 0 aromatic carbocycles. The average molecular weight is 300 g/mol. The van der Waals surface area contributed by atoms with Gasteiger partial charge in [0.2, 0.25) is 5.91 Å². The third kappa shape index (κ3) is 5.02. The van der Waals surface area contributed by atoms with Gasteiger partial charge >= 0.3 is 0 Å². The monoisotopic (exact) mass is 300 g/mol. The molecule has 1 rings (SSSR count). The predicted octanol–water partition coefficient (Wildman–Crippen LogP) is 2.40. The van der Waals surface area contributed by atoms with Gasteiger partial charge in [0.05, 0.1) is 10.4 Å². The molecule has 3 N–H and O–H groups in total. The van der Waals surface area contributed by atoms with E-state index in [1.807, 2.05) is 0 Å². The van der Waals surface area contributed by atoms with Crippen molar-refractivity contribution in [2.75, 3.05) is 19.8 Å². The third-order valence-corrected chi connectivity index (χ3v) is 4.21. The normalized spacial score (nSPS) is 17.9. The number of carbonyl (C=O) groups is 1. The van der Waals surface area contributed by atoms with Gasteiger partial charge in [-0.1, -0.05) is 45.3 Å². The number of carbonyl (C=O) groups excluding carboxylic acids is 1. The molecule has 20 heavy (non-hydrogen) atoms. The number of hydrogen-bond acceptors (Lipinski definition) is 3. The first-order valence-electron chi connectivity index (χ1n) is 7.65. The highest BCUT2D eigenvalue weighted by Crippen LogP contribution is 2.36. The van der Waals surface area contributed by atoms with Crippen molar-refractivity contribution in [1.29, 1.82) is 0 Å². The molecule has 0 aromatic rings. The fourth-order valence-electron chi connectivity index (χ4n) is 2.61. The van der Waals surface area contributed by atoms with Gasteiger partial charge in [0, 0.05) is 19.8 Å². The Hall–Kier alpha value is -0.680. The number of nitrogens with two attached hydrogens (primary N) is 1. The van der Waals surface area contributed by atoms with Crippen molar-refractivity contribution >= 4 is 23.1 Å². The summed E-state index contributed by atoms with van der Waals surface area (Å²) in [6.07, 6.45) is 5.63. The van der Waals surface area contributed by atoms with Crippen LogP contribution in [0.1, 0.15) is 52.4 Å². The molecule has 4 nitrogen and oxygen atoms in total. The largest absolute Gasteiger partial charge is 0.392 e. The fourth-order valence-corrected chi connectivity index (χ4v) is 2.90. The molecule has 5 heteroatoms. The standard InChI is InChI=1S/C15H28N2O2S/c1-12(2)11-19-10-6-9-17-14(18)15(13(16)20)7-4-3-5-8-15/h12H,3-11H2,1-2H3,(H2,16,20)(H,17,18). The van der Waals surface area contributed by atoms with Crippen molar-refractivity contribution < 1.29 is 9.53 Å².